The number of nitrogens with one attached hydrogen (secondary N) is 1. The highest BCUT2D eigenvalue weighted by molar-refractivity contribution is 7.10. The second-order valence-electron chi connectivity index (χ2n) is 4.41. The molecule has 0 aliphatic carbocycles. The topological polar surface area (TPSA) is 60.5 Å². The van der Waals surface area contributed by atoms with Crippen LogP contribution in [0.25, 0.3) is 6.08 Å². The molecular formula is C16H17ClN2O3S. The summed E-state index contributed by atoms with van der Waals surface area (Å²) in [4.78, 5) is 16.9. The molecule has 0 aliphatic rings. The lowest BCUT2D eigenvalue weighted by Crippen LogP contribution is -2.11. The zero-order valence-corrected chi connectivity index (χ0v) is 14.2. The minimum Gasteiger partial charge on any atom is -0.489 e. The third-order valence-corrected chi connectivity index (χ3v) is 3.72. The molecule has 0 saturated carbocycles. The molecule has 5 nitrogen and oxygen atoms in total. The van der Waals surface area contributed by atoms with Gasteiger partial charge in [-0.1, -0.05) is 11.6 Å². The summed E-state index contributed by atoms with van der Waals surface area (Å²) in [7, 11) is 0. The molecule has 0 atom stereocenters. The van der Waals surface area contributed by atoms with E-state index < -0.39 is 0 Å². The van der Waals surface area contributed by atoms with E-state index >= 15 is 0 Å². The zero-order chi connectivity index (χ0) is 16.5. The van der Waals surface area contributed by atoms with Gasteiger partial charge in [0.15, 0.2) is 0 Å². The van der Waals surface area contributed by atoms with Crippen LogP contribution in [0.5, 0.6) is 5.75 Å². The van der Waals surface area contributed by atoms with Gasteiger partial charge in [0.05, 0.1) is 17.8 Å². The van der Waals surface area contributed by atoms with E-state index in [1.807, 2.05) is 6.92 Å². The third kappa shape index (κ3) is 6.02. The number of aromatic nitrogens is 1. The highest BCUT2D eigenvalue weighted by Crippen LogP contribution is 2.28. The number of carbonyl (C=O) groups excluding carboxylic acids is 1. The predicted octanol–water partition coefficient (Wildman–Crippen LogP) is 3.86. The molecule has 7 heteroatoms. The number of ether oxygens (including phenoxy) is 2. The SMILES string of the molecule is CCOCCOc1ccc(Cl)cc1NC(=O)/C=C/c1cncs1. The molecule has 1 aromatic heterocycles. The number of nitrogens with zero attached hydrogens (tertiary/aromatic N) is 1. The van der Waals surface area contributed by atoms with Gasteiger partial charge < -0.3 is 14.8 Å². The van der Waals surface area contributed by atoms with Crippen LogP contribution in [0.1, 0.15) is 11.8 Å². The Morgan fingerprint density at radius 3 is 3.04 bits per heavy atom. The number of anilines is 1. The normalized spacial score (nSPS) is 10.9. The molecule has 2 rings (SSSR count). The second-order valence-corrected chi connectivity index (χ2v) is 5.77. The van der Waals surface area contributed by atoms with Gasteiger partial charge in [-0.3, -0.25) is 9.78 Å². The van der Waals surface area contributed by atoms with Crippen LogP contribution in [-0.4, -0.2) is 30.7 Å². The first-order valence-electron chi connectivity index (χ1n) is 7.06. The Kier molecular flexibility index (Phi) is 7.06. The monoisotopic (exact) mass is 352 g/mol. The van der Waals surface area contributed by atoms with Gasteiger partial charge in [0.25, 0.3) is 0 Å². The lowest BCUT2D eigenvalue weighted by atomic mass is 10.3. The quantitative estimate of drug-likeness (QED) is 0.579. The number of hydrogen-bond donors (Lipinski definition) is 1. The van der Waals surface area contributed by atoms with Crippen LogP contribution in [0.15, 0.2) is 36.0 Å². The summed E-state index contributed by atoms with van der Waals surface area (Å²) in [6.45, 7) is 3.44. The number of benzene rings is 1. The first-order chi connectivity index (χ1) is 11.2. The second kappa shape index (κ2) is 9.29. The average Bonchev–Trinajstić information content (AvgIpc) is 3.05. The van der Waals surface area contributed by atoms with Crippen LogP contribution in [0, 0.1) is 0 Å². The summed E-state index contributed by atoms with van der Waals surface area (Å²) >= 11 is 7.44. The van der Waals surface area contributed by atoms with Crippen molar-refractivity contribution in [2.24, 2.45) is 0 Å². The Balaban J connectivity index is 1.99. The highest BCUT2D eigenvalue weighted by Gasteiger charge is 2.07. The lowest BCUT2D eigenvalue weighted by molar-refractivity contribution is -0.111. The Labute approximate surface area is 143 Å². The smallest absolute Gasteiger partial charge is 0.248 e. The molecule has 23 heavy (non-hydrogen) atoms. The molecule has 0 unspecified atom stereocenters. The highest BCUT2D eigenvalue weighted by atomic mass is 35.5. The van der Waals surface area contributed by atoms with E-state index in [1.165, 1.54) is 17.4 Å². The van der Waals surface area contributed by atoms with Crippen molar-refractivity contribution in [2.75, 3.05) is 25.1 Å². The summed E-state index contributed by atoms with van der Waals surface area (Å²) < 4.78 is 10.8. The summed E-state index contributed by atoms with van der Waals surface area (Å²) in [5.41, 5.74) is 2.23. The number of amides is 1. The van der Waals surface area contributed by atoms with E-state index in [1.54, 1.807) is 36.0 Å². The summed E-state index contributed by atoms with van der Waals surface area (Å²) in [5.74, 6) is 0.281. The van der Waals surface area contributed by atoms with Crippen molar-refractivity contribution in [3.63, 3.8) is 0 Å². The van der Waals surface area contributed by atoms with E-state index in [0.29, 0.717) is 36.3 Å². The van der Waals surface area contributed by atoms with Gasteiger partial charge in [0.2, 0.25) is 5.91 Å². The van der Waals surface area contributed by atoms with Gasteiger partial charge in [0.1, 0.15) is 12.4 Å². The number of halogens is 1. The number of rotatable bonds is 8. The molecule has 0 aliphatic heterocycles. The summed E-state index contributed by atoms with van der Waals surface area (Å²) in [6.07, 6.45) is 4.83. The number of carbonyl (C=O) groups is 1. The summed E-state index contributed by atoms with van der Waals surface area (Å²) in [6, 6.07) is 5.08. The van der Waals surface area contributed by atoms with Gasteiger partial charge in [-0.2, -0.15) is 0 Å². The van der Waals surface area contributed by atoms with Gasteiger partial charge in [-0.05, 0) is 31.2 Å². The summed E-state index contributed by atoms with van der Waals surface area (Å²) in [5, 5.41) is 3.28. The Hall–Kier alpha value is -1.89. The van der Waals surface area contributed by atoms with Gasteiger partial charge in [0, 0.05) is 28.8 Å². The maximum atomic E-state index is 12.0. The van der Waals surface area contributed by atoms with Crippen LogP contribution in [-0.2, 0) is 9.53 Å². The maximum absolute atomic E-state index is 12.0. The fourth-order valence-corrected chi connectivity index (χ4v) is 2.40. The average molecular weight is 353 g/mol. The fourth-order valence-electron chi connectivity index (χ4n) is 1.72. The molecule has 1 heterocycles. The molecule has 1 N–H and O–H groups in total. The van der Waals surface area contributed by atoms with E-state index in [2.05, 4.69) is 10.3 Å². The molecule has 0 radical (unpaired) electrons. The first kappa shape index (κ1) is 17.5. The molecule has 0 saturated heterocycles. The van der Waals surface area contributed by atoms with Crippen molar-refractivity contribution in [3.05, 3.63) is 45.9 Å². The Morgan fingerprint density at radius 2 is 2.30 bits per heavy atom. The van der Waals surface area contributed by atoms with Crippen molar-refractivity contribution in [3.8, 4) is 5.75 Å². The molecule has 0 spiro atoms. The Morgan fingerprint density at radius 1 is 1.43 bits per heavy atom. The molecule has 2 aromatic rings. The lowest BCUT2D eigenvalue weighted by Gasteiger charge is -2.12. The van der Waals surface area contributed by atoms with E-state index in [0.717, 1.165) is 4.88 Å². The maximum Gasteiger partial charge on any atom is 0.248 e. The van der Waals surface area contributed by atoms with Crippen LogP contribution in [0.4, 0.5) is 5.69 Å². The molecule has 0 fully saturated rings. The first-order valence-corrected chi connectivity index (χ1v) is 8.32. The van der Waals surface area contributed by atoms with Crippen molar-refractivity contribution in [1.29, 1.82) is 0 Å². The predicted molar refractivity (Wildman–Crippen MR) is 93.2 cm³/mol. The van der Waals surface area contributed by atoms with E-state index in [-0.39, 0.29) is 5.91 Å². The Bertz CT molecular complexity index is 659. The number of thiazole rings is 1. The third-order valence-electron chi connectivity index (χ3n) is 2.74. The van der Waals surface area contributed by atoms with Crippen molar-refractivity contribution < 1.29 is 14.3 Å². The van der Waals surface area contributed by atoms with Crippen molar-refractivity contribution in [1.82, 2.24) is 4.98 Å². The standard InChI is InChI=1S/C16H17ClN2O3S/c1-2-21-7-8-22-15-5-3-12(17)9-14(15)19-16(20)6-4-13-10-18-11-23-13/h3-6,9-11H,2,7-8H2,1H3,(H,19,20)/b6-4+. The van der Waals surface area contributed by atoms with Gasteiger partial charge in [-0.25, -0.2) is 0 Å². The van der Waals surface area contributed by atoms with Crippen LogP contribution < -0.4 is 10.1 Å². The zero-order valence-electron chi connectivity index (χ0n) is 12.6. The minimum absolute atomic E-state index is 0.268. The van der Waals surface area contributed by atoms with Crippen LogP contribution >= 0.6 is 22.9 Å². The van der Waals surface area contributed by atoms with Crippen LogP contribution in [0.2, 0.25) is 5.02 Å². The number of hydrogen-bond acceptors (Lipinski definition) is 5. The molecule has 0 bridgehead atoms. The van der Waals surface area contributed by atoms with Crippen LogP contribution in [0.3, 0.4) is 0 Å². The molecule has 122 valence electrons. The van der Waals surface area contributed by atoms with Gasteiger partial charge >= 0.3 is 0 Å². The molecule has 1 amide bonds. The minimum atomic E-state index is -0.268. The molecule has 1 aromatic carbocycles. The van der Waals surface area contributed by atoms with Crippen molar-refractivity contribution in [2.45, 2.75) is 6.92 Å². The van der Waals surface area contributed by atoms with Crippen molar-refractivity contribution >= 4 is 40.6 Å². The van der Waals surface area contributed by atoms with E-state index in [4.69, 9.17) is 21.1 Å². The largest absolute Gasteiger partial charge is 0.489 e. The van der Waals surface area contributed by atoms with Gasteiger partial charge in [-0.15, -0.1) is 11.3 Å². The van der Waals surface area contributed by atoms with E-state index in [9.17, 15) is 4.79 Å². The molecular weight excluding hydrogens is 336 g/mol. The fraction of sp³-hybridized carbons (Fsp3) is 0.250.